The Hall–Kier alpha value is -3.25. The average molecular weight is 549 g/mol. The van der Waals surface area contributed by atoms with Crippen molar-refractivity contribution >= 4 is 28.7 Å². The van der Waals surface area contributed by atoms with Crippen molar-refractivity contribution < 1.29 is 20.1 Å². The van der Waals surface area contributed by atoms with Gasteiger partial charge in [-0.2, -0.15) is 0 Å². The highest BCUT2D eigenvalue weighted by atomic mass is 32.2. The molecule has 2 aromatic heterocycles. The van der Waals surface area contributed by atoms with Crippen LogP contribution in [0.2, 0.25) is 0 Å². The number of ether oxygens (including phenoxy) is 1. The zero-order valence-electron chi connectivity index (χ0n) is 21.6. The van der Waals surface area contributed by atoms with Gasteiger partial charge in [-0.15, -0.1) is 5.10 Å². The molecule has 2 fully saturated rings. The number of hydrogen-bond acceptors (Lipinski definition) is 10. The van der Waals surface area contributed by atoms with Crippen molar-refractivity contribution in [2.45, 2.75) is 61.6 Å². The third-order valence-corrected chi connectivity index (χ3v) is 8.49. The molecule has 204 valence electrons. The fourth-order valence-electron chi connectivity index (χ4n) is 5.25. The van der Waals surface area contributed by atoms with Crippen LogP contribution in [0.5, 0.6) is 11.5 Å². The summed E-state index contributed by atoms with van der Waals surface area (Å²) in [6.45, 7) is 1.90. The second kappa shape index (κ2) is 11.1. The van der Waals surface area contributed by atoms with E-state index >= 15 is 0 Å². The molecule has 0 radical (unpaired) electrons. The Balaban J connectivity index is 1.24. The van der Waals surface area contributed by atoms with Crippen molar-refractivity contribution in [2.75, 3.05) is 17.7 Å². The minimum absolute atomic E-state index is 0.168. The molecule has 6 atom stereocenters. The maximum Gasteiger partial charge on any atom is 0.191 e. The molecular formula is C28H32N6O4S. The van der Waals surface area contributed by atoms with Gasteiger partial charge in [0.15, 0.2) is 22.1 Å². The highest BCUT2D eigenvalue weighted by Gasteiger charge is 2.44. The number of rotatable bonds is 10. The van der Waals surface area contributed by atoms with E-state index in [9.17, 15) is 15.3 Å². The van der Waals surface area contributed by atoms with E-state index in [1.54, 1.807) is 16.4 Å². The summed E-state index contributed by atoms with van der Waals surface area (Å²) in [6.07, 6.45) is 0.208. The monoisotopic (exact) mass is 548 g/mol. The topological polar surface area (TPSA) is 138 Å². The standard InChI is InChI=1S/C28H32N6O4S/c1-2-11-39-28-30-26(23-27(31-28)34(33-32-23)22-13-17(15-35)24(36)25(22)37)29-21-14-20(21)16-7-6-10-19(12-16)38-18-8-4-3-5-9-18/h3-10,12,17,20-22,24-25,35-37H,2,11,13-15H2,1H3,(H,29,30,31)/t17-,20?,21?,22-,24-,25+/m0/s1. The molecule has 4 N–H and O–H groups in total. The average Bonchev–Trinajstić information content (AvgIpc) is 3.50. The molecule has 0 saturated heterocycles. The number of para-hydroxylation sites is 1. The van der Waals surface area contributed by atoms with Crippen molar-refractivity contribution in [1.29, 1.82) is 0 Å². The summed E-state index contributed by atoms with van der Waals surface area (Å²) in [5, 5.41) is 43.5. The number of benzene rings is 2. The molecule has 0 bridgehead atoms. The highest BCUT2D eigenvalue weighted by molar-refractivity contribution is 7.99. The maximum atomic E-state index is 10.7. The summed E-state index contributed by atoms with van der Waals surface area (Å²) in [5.74, 6) is 2.95. The number of nitrogens with one attached hydrogen (secondary N) is 1. The van der Waals surface area contributed by atoms with Gasteiger partial charge in [-0.05, 0) is 49.1 Å². The van der Waals surface area contributed by atoms with Gasteiger partial charge in [0.05, 0.1) is 12.1 Å². The first-order valence-electron chi connectivity index (χ1n) is 13.4. The molecule has 4 aromatic rings. The number of anilines is 1. The summed E-state index contributed by atoms with van der Waals surface area (Å²) >= 11 is 1.56. The second-order valence-electron chi connectivity index (χ2n) is 10.2. The number of thioether (sulfide) groups is 1. The first-order chi connectivity index (χ1) is 19.1. The van der Waals surface area contributed by atoms with Crippen LogP contribution in [0.15, 0.2) is 59.8 Å². The van der Waals surface area contributed by atoms with Gasteiger partial charge >= 0.3 is 0 Å². The van der Waals surface area contributed by atoms with Crippen LogP contribution in [0, 0.1) is 5.92 Å². The van der Waals surface area contributed by atoms with Crippen molar-refractivity contribution in [3.05, 3.63) is 60.2 Å². The SMILES string of the molecule is CCCSc1nc(NC2CC2c2cccc(Oc3ccccc3)c2)c2nnn([C@H]3C[C@@H](CO)[C@H](O)[C@@H]3O)c2n1. The van der Waals surface area contributed by atoms with E-state index in [-0.39, 0.29) is 12.6 Å². The fraction of sp³-hybridized carbons (Fsp3) is 0.429. The summed E-state index contributed by atoms with van der Waals surface area (Å²) < 4.78 is 7.61. The van der Waals surface area contributed by atoms with Crippen LogP contribution in [0.4, 0.5) is 5.82 Å². The fourth-order valence-corrected chi connectivity index (χ4v) is 5.94. The lowest BCUT2D eigenvalue weighted by atomic mass is 10.1. The Morgan fingerprint density at radius 3 is 2.62 bits per heavy atom. The van der Waals surface area contributed by atoms with Crippen molar-refractivity contribution in [1.82, 2.24) is 25.0 Å². The van der Waals surface area contributed by atoms with Gasteiger partial charge in [0, 0.05) is 30.2 Å². The minimum Gasteiger partial charge on any atom is -0.457 e. The zero-order chi connectivity index (χ0) is 26.9. The molecule has 0 amide bonds. The van der Waals surface area contributed by atoms with Gasteiger partial charge in [-0.1, -0.05) is 54.2 Å². The normalized spacial score (nSPS) is 26.2. The molecule has 2 heterocycles. The number of aromatic nitrogens is 5. The van der Waals surface area contributed by atoms with Crippen molar-refractivity contribution in [2.24, 2.45) is 5.92 Å². The predicted molar refractivity (Wildman–Crippen MR) is 148 cm³/mol. The molecule has 2 aromatic carbocycles. The summed E-state index contributed by atoms with van der Waals surface area (Å²) in [6, 6.07) is 17.5. The smallest absolute Gasteiger partial charge is 0.191 e. The third-order valence-electron chi connectivity index (χ3n) is 7.44. The van der Waals surface area contributed by atoms with Crippen LogP contribution >= 0.6 is 11.8 Å². The van der Waals surface area contributed by atoms with Gasteiger partial charge in [0.25, 0.3) is 0 Å². The molecule has 0 aliphatic heterocycles. The van der Waals surface area contributed by atoms with Crippen molar-refractivity contribution in [3.8, 4) is 11.5 Å². The van der Waals surface area contributed by atoms with Crippen LogP contribution < -0.4 is 10.1 Å². The van der Waals surface area contributed by atoms with Gasteiger partial charge < -0.3 is 25.4 Å². The second-order valence-corrected chi connectivity index (χ2v) is 11.3. The predicted octanol–water partition coefficient (Wildman–Crippen LogP) is 3.76. The van der Waals surface area contributed by atoms with Gasteiger partial charge in [0.1, 0.15) is 17.6 Å². The molecule has 2 aliphatic rings. The van der Waals surface area contributed by atoms with E-state index in [0.717, 1.165) is 30.1 Å². The first-order valence-corrected chi connectivity index (χ1v) is 14.4. The molecular weight excluding hydrogens is 516 g/mol. The largest absolute Gasteiger partial charge is 0.457 e. The van der Waals surface area contributed by atoms with E-state index in [1.807, 2.05) is 42.5 Å². The van der Waals surface area contributed by atoms with E-state index in [0.29, 0.717) is 34.5 Å². The maximum absolute atomic E-state index is 10.7. The van der Waals surface area contributed by atoms with E-state index in [4.69, 9.17) is 14.7 Å². The Morgan fingerprint density at radius 2 is 1.85 bits per heavy atom. The van der Waals surface area contributed by atoms with E-state index in [2.05, 4.69) is 34.7 Å². The van der Waals surface area contributed by atoms with Gasteiger partial charge in [0.2, 0.25) is 0 Å². The van der Waals surface area contributed by atoms with Gasteiger partial charge in [-0.3, -0.25) is 0 Å². The van der Waals surface area contributed by atoms with Crippen LogP contribution in [-0.4, -0.2) is 70.9 Å². The molecule has 10 nitrogen and oxygen atoms in total. The molecule has 0 spiro atoms. The molecule has 11 heteroatoms. The van der Waals surface area contributed by atoms with Crippen LogP contribution in [0.25, 0.3) is 11.2 Å². The van der Waals surface area contributed by atoms with Crippen LogP contribution in [-0.2, 0) is 0 Å². The number of fused-ring (bicyclic) bond motifs is 1. The Bertz CT molecular complexity index is 1440. The number of nitrogens with zero attached hydrogens (tertiary/aromatic N) is 5. The van der Waals surface area contributed by atoms with Gasteiger partial charge in [-0.25, -0.2) is 14.6 Å². The lowest BCUT2D eigenvalue weighted by molar-refractivity contribution is -0.00512. The molecule has 2 unspecified atom stereocenters. The molecule has 39 heavy (non-hydrogen) atoms. The third kappa shape index (κ3) is 5.31. The zero-order valence-corrected chi connectivity index (χ0v) is 22.4. The number of aliphatic hydroxyl groups is 3. The lowest BCUT2D eigenvalue weighted by Gasteiger charge is -2.17. The summed E-state index contributed by atoms with van der Waals surface area (Å²) in [5.41, 5.74) is 2.22. The molecule has 6 rings (SSSR count). The highest BCUT2D eigenvalue weighted by Crippen LogP contribution is 2.45. The Morgan fingerprint density at radius 1 is 1.03 bits per heavy atom. The minimum atomic E-state index is -1.07. The van der Waals surface area contributed by atoms with Crippen LogP contribution in [0.1, 0.15) is 43.7 Å². The molecule has 2 saturated carbocycles. The quantitative estimate of drug-likeness (QED) is 0.171. The lowest BCUT2D eigenvalue weighted by Crippen LogP contribution is -2.30. The van der Waals surface area contributed by atoms with E-state index in [1.165, 1.54) is 5.56 Å². The summed E-state index contributed by atoms with van der Waals surface area (Å²) in [7, 11) is 0. The number of hydrogen-bond donors (Lipinski definition) is 4. The van der Waals surface area contributed by atoms with E-state index < -0.39 is 24.2 Å². The Labute approximate surface area is 230 Å². The Kier molecular flexibility index (Phi) is 7.39. The van der Waals surface area contributed by atoms with Crippen molar-refractivity contribution in [3.63, 3.8) is 0 Å². The first kappa shape index (κ1) is 26.0. The number of aliphatic hydroxyl groups excluding tert-OH is 3. The summed E-state index contributed by atoms with van der Waals surface area (Å²) in [4.78, 5) is 9.50. The van der Waals surface area contributed by atoms with Crippen LogP contribution in [0.3, 0.4) is 0 Å². The molecule has 2 aliphatic carbocycles.